The summed E-state index contributed by atoms with van der Waals surface area (Å²) in [5, 5.41) is 15.7. The van der Waals surface area contributed by atoms with Gasteiger partial charge in [-0.2, -0.15) is 5.10 Å². The summed E-state index contributed by atoms with van der Waals surface area (Å²) < 4.78 is 1.72. The van der Waals surface area contributed by atoms with Crippen molar-refractivity contribution in [2.24, 2.45) is 11.3 Å². The van der Waals surface area contributed by atoms with E-state index in [1.165, 1.54) is 11.9 Å². The van der Waals surface area contributed by atoms with Crippen LogP contribution in [-0.4, -0.2) is 31.4 Å². The van der Waals surface area contributed by atoms with Gasteiger partial charge in [-0.05, 0) is 30.7 Å². The molecule has 5 heteroatoms. The number of nitrogens with zero attached hydrogens (tertiary/aromatic N) is 3. The minimum absolute atomic E-state index is 0.169. The molecule has 1 aliphatic carbocycles. The van der Waals surface area contributed by atoms with Crippen molar-refractivity contribution in [3.8, 4) is 0 Å². The molecule has 22 heavy (non-hydrogen) atoms. The Kier molecular flexibility index (Phi) is 4.24. The summed E-state index contributed by atoms with van der Waals surface area (Å²) in [5.41, 5.74) is 0.0708. The van der Waals surface area contributed by atoms with Crippen molar-refractivity contribution in [3.05, 3.63) is 48.5 Å². The number of aliphatic hydroxyl groups is 1. The monoisotopic (exact) mass is 319 g/mol. The predicted molar refractivity (Wildman–Crippen MR) is 86.7 cm³/mol. The predicted octanol–water partition coefficient (Wildman–Crippen LogP) is 2.91. The van der Waals surface area contributed by atoms with E-state index in [0.717, 1.165) is 19.3 Å². The summed E-state index contributed by atoms with van der Waals surface area (Å²) in [6.45, 7) is 2.52. The second kappa shape index (κ2) is 6.01. The molecule has 1 N–H and O–H groups in total. The smallest absolute Gasteiger partial charge is 0.137 e. The number of aromatic nitrogens is 3. The fraction of sp³-hybridized carbons (Fsp3) is 0.529. The summed E-state index contributed by atoms with van der Waals surface area (Å²) in [5.74, 6) is 0.617. The van der Waals surface area contributed by atoms with Gasteiger partial charge in [-0.3, -0.25) is 4.68 Å². The molecule has 1 saturated carbocycles. The number of hydrogen-bond acceptors (Lipinski definition) is 3. The molecule has 118 valence electrons. The lowest BCUT2D eigenvalue weighted by Crippen LogP contribution is -2.51. The Morgan fingerprint density at radius 3 is 2.77 bits per heavy atom. The highest BCUT2D eigenvalue weighted by Gasteiger charge is 2.56. The topological polar surface area (TPSA) is 50.9 Å². The quantitative estimate of drug-likeness (QED) is 0.862. The zero-order valence-corrected chi connectivity index (χ0v) is 13.6. The molecule has 0 amide bonds. The van der Waals surface area contributed by atoms with Crippen LogP contribution in [0.25, 0.3) is 0 Å². The van der Waals surface area contributed by atoms with Crippen molar-refractivity contribution in [3.63, 3.8) is 0 Å². The van der Waals surface area contributed by atoms with Crippen LogP contribution in [0, 0.1) is 11.3 Å². The summed E-state index contributed by atoms with van der Waals surface area (Å²) in [6, 6.07) is 10.3. The fourth-order valence-corrected chi connectivity index (χ4v) is 4.04. The molecule has 0 spiro atoms. The fourth-order valence-electron chi connectivity index (χ4n) is 3.67. The van der Waals surface area contributed by atoms with E-state index >= 15 is 0 Å². The van der Waals surface area contributed by atoms with Gasteiger partial charge in [0.2, 0.25) is 0 Å². The molecular formula is C17H22ClN3O. The first-order chi connectivity index (χ1) is 10.6. The highest BCUT2D eigenvalue weighted by molar-refractivity contribution is 6.18. The zero-order chi connectivity index (χ0) is 15.6. The van der Waals surface area contributed by atoms with Crippen LogP contribution in [0.2, 0.25) is 0 Å². The van der Waals surface area contributed by atoms with Gasteiger partial charge in [-0.15, -0.1) is 11.6 Å². The van der Waals surface area contributed by atoms with Gasteiger partial charge in [0.1, 0.15) is 12.7 Å². The average Bonchev–Trinajstić information content (AvgIpc) is 3.11. The second-order valence-corrected chi connectivity index (χ2v) is 6.90. The summed E-state index contributed by atoms with van der Waals surface area (Å²) in [4.78, 5) is 3.99. The Morgan fingerprint density at radius 1 is 1.36 bits per heavy atom. The van der Waals surface area contributed by atoms with Crippen molar-refractivity contribution in [1.29, 1.82) is 0 Å². The Hall–Kier alpha value is -1.39. The first-order valence-electron chi connectivity index (χ1n) is 7.72. The van der Waals surface area contributed by atoms with E-state index in [2.05, 4.69) is 29.1 Å². The third-order valence-electron chi connectivity index (χ3n) is 5.25. The first kappa shape index (κ1) is 15.5. The highest BCUT2D eigenvalue weighted by atomic mass is 35.5. The minimum Gasteiger partial charge on any atom is -0.387 e. The maximum absolute atomic E-state index is 11.5. The molecule has 1 aromatic carbocycles. The van der Waals surface area contributed by atoms with Crippen LogP contribution >= 0.6 is 11.6 Å². The number of alkyl halides is 1. The van der Waals surface area contributed by atoms with E-state index in [1.807, 2.05) is 18.2 Å². The van der Waals surface area contributed by atoms with Crippen LogP contribution in [0.5, 0.6) is 0 Å². The third kappa shape index (κ3) is 2.66. The molecule has 1 aliphatic rings. The van der Waals surface area contributed by atoms with Gasteiger partial charge >= 0.3 is 0 Å². The van der Waals surface area contributed by atoms with Gasteiger partial charge in [-0.25, -0.2) is 4.98 Å². The van der Waals surface area contributed by atoms with Crippen LogP contribution in [0.4, 0.5) is 0 Å². The average molecular weight is 320 g/mol. The van der Waals surface area contributed by atoms with Crippen molar-refractivity contribution >= 4 is 11.6 Å². The standard InChI is InChI=1S/C17H22ClN3O/c1-16(10-18)8-7-15(9-14-5-3-2-4-6-14)17(16,22)11-21-13-19-12-20-21/h2-6,12-13,15,22H,7-11H2,1H3/t15-,16+,17+/m1/s1. The van der Waals surface area contributed by atoms with Gasteiger partial charge in [-0.1, -0.05) is 37.3 Å². The molecule has 0 bridgehead atoms. The zero-order valence-electron chi connectivity index (χ0n) is 12.8. The molecule has 1 heterocycles. The Bertz CT molecular complexity index is 604. The lowest BCUT2D eigenvalue weighted by molar-refractivity contribution is -0.0891. The molecule has 0 aliphatic heterocycles. The molecule has 2 aromatic rings. The largest absolute Gasteiger partial charge is 0.387 e. The SMILES string of the molecule is C[C@@]1(CCl)CC[C@H](Cc2ccccc2)[C@@]1(O)Cn1cncn1. The maximum atomic E-state index is 11.5. The molecule has 0 saturated heterocycles. The van der Waals surface area contributed by atoms with Gasteiger partial charge in [0, 0.05) is 11.3 Å². The van der Waals surface area contributed by atoms with Gasteiger partial charge in [0.05, 0.1) is 12.1 Å². The van der Waals surface area contributed by atoms with Crippen molar-refractivity contribution in [2.75, 3.05) is 5.88 Å². The molecule has 1 fully saturated rings. The molecule has 0 unspecified atom stereocenters. The lowest BCUT2D eigenvalue weighted by Gasteiger charge is -2.42. The van der Waals surface area contributed by atoms with E-state index < -0.39 is 5.60 Å². The van der Waals surface area contributed by atoms with E-state index in [9.17, 15) is 5.11 Å². The van der Waals surface area contributed by atoms with E-state index in [0.29, 0.717) is 12.4 Å². The maximum Gasteiger partial charge on any atom is 0.137 e. The van der Waals surface area contributed by atoms with Crippen LogP contribution in [0.15, 0.2) is 43.0 Å². The van der Waals surface area contributed by atoms with E-state index in [4.69, 9.17) is 11.6 Å². The van der Waals surface area contributed by atoms with Gasteiger partial charge < -0.3 is 5.11 Å². The highest BCUT2D eigenvalue weighted by Crippen LogP contribution is 2.52. The minimum atomic E-state index is -0.877. The molecule has 3 atom stereocenters. The van der Waals surface area contributed by atoms with Crippen LogP contribution in [-0.2, 0) is 13.0 Å². The van der Waals surface area contributed by atoms with Crippen LogP contribution < -0.4 is 0 Å². The van der Waals surface area contributed by atoms with Crippen molar-refractivity contribution in [2.45, 2.75) is 38.3 Å². The Morgan fingerprint density at radius 2 is 2.14 bits per heavy atom. The number of hydrogen-bond donors (Lipinski definition) is 1. The Balaban J connectivity index is 1.88. The van der Waals surface area contributed by atoms with Gasteiger partial charge in [0.15, 0.2) is 0 Å². The number of halogens is 1. The molecular weight excluding hydrogens is 298 g/mol. The molecule has 3 rings (SSSR count). The molecule has 0 radical (unpaired) electrons. The van der Waals surface area contributed by atoms with Gasteiger partial charge in [0.25, 0.3) is 0 Å². The summed E-state index contributed by atoms with van der Waals surface area (Å²) in [7, 11) is 0. The van der Waals surface area contributed by atoms with Crippen molar-refractivity contribution in [1.82, 2.24) is 14.8 Å². The Labute approximate surface area is 136 Å². The summed E-state index contributed by atoms with van der Waals surface area (Å²) in [6.07, 6.45) is 5.92. The van der Waals surface area contributed by atoms with E-state index in [-0.39, 0.29) is 11.3 Å². The van der Waals surface area contributed by atoms with Crippen LogP contribution in [0.3, 0.4) is 0 Å². The van der Waals surface area contributed by atoms with E-state index in [1.54, 1.807) is 11.0 Å². The summed E-state index contributed by atoms with van der Waals surface area (Å²) >= 11 is 6.24. The molecule has 4 nitrogen and oxygen atoms in total. The lowest BCUT2D eigenvalue weighted by atomic mass is 9.72. The normalized spacial score (nSPS) is 31.5. The first-order valence-corrected chi connectivity index (χ1v) is 8.25. The van der Waals surface area contributed by atoms with Crippen molar-refractivity contribution < 1.29 is 5.11 Å². The third-order valence-corrected chi connectivity index (χ3v) is 5.84. The number of rotatable bonds is 5. The second-order valence-electron chi connectivity index (χ2n) is 6.64. The molecule has 1 aromatic heterocycles. The number of benzene rings is 1. The van der Waals surface area contributed by atoms with Crippen LogP contribution in [0.1, 0.15) is 25.3 Å².